The summed E-state index contributed by atoms with van der Waals surface area (Å²) in [6, 6.07) is 0.198. The van der Waals surface area contributed by atoms with Gasteiger partial charge in [0, 0.05) is 12.6 Å². The number of ether oxygens (including phenoxy) is 1. The first kappa shape index (κ1) is 14.5. The fourth-order valence-corrected chi connectivity index (χ4v) is 2.28. The molecular formula is C13H26N2O2. The highest BCUT2D eigenvalue weighted by atomic mass is 16.5. The first-order valence-electron chi connectivity index (χ1n) is 6.64. The van der Waals surface area contributed by atoms with Gasteiger partial charge in [0.25, 0.3) is 0 Å². The van der Waals surface area contributed by atoms with Crippen LogP contribution in [0.1, 0.15) is 33.1 Å². The molecule has 0 radical (unpaired) electrons. The van der Waals surface area contributed by atoms with Gasteiger partial charge in [-0.15, -0.1) is 0 Å². The number of carbonyl (C=O) groups excluding carboxylic acids is 1. The Morgan fingerprint density at radius 2 is 2.00 bits per heavy atom. The van der Waals surface area contributed by atoms with Crippen molar-refractivity contribution in [3.63, 3.8) is 0 Å². The Morgan fingerprint density at radius 3 is 2.59 bits per heavy atom. The van der Waals surface area contributed by atoms with Gasteiger partial charge in [0.15, 0.2) is 0 Å². The zero-order chi connectivity index (χ0) is 12.7. The number of nitrogens with zero attached hydrogens (tertiary/aromatic N) is 1. The van der Waals surface area contributed by atoms with Crippen LogP contribution in [0.4, 0.5) is 0 Å². The lowest BCUT2D eigenvalue weighted by molar-refractivity contribution is -0.141. The normalized spacial score (nSPS) is 20.2. The Kier molecular flexibility index (Phi) is 6.52. The summed E-state index contributed by atoms with van der Waals surface area (Å²) in [7, 11) is 1.44. The van der Waals surface area contributed by atoms with Crippen molar-refractivity contribution in [3.05, 3.63) is 0 Å². The lowest BCUT2D eigenvalue weighted by atomic mass is 10.1. The molecule has 1 saturated heterocycles. The smallest absolute Gasteiger partial charge is 0.307 e. The lowest BCUT2D eigenvalue weighted by Crippen LogP contribution is -2.36. The monoisotopic (exact) mass is 242 g/mol. The van der Waals surface area contributed by atoms with Crippen molar-refractivity contribution in [1.82, 2.24) is 10.2 Å². The molecule has 4 nitrogen and oxygen atoms in total. The van der Waals surface area contributed by atoms with Gasteiger partial charge in [-0.05, 0) is 45.3 Å². The first-order chi connectivity index (χ1) is 8.11. The van der Waals surface area contributed by atoms with E-state index in [2.05, 4.69) is 21.9 Å². The third-order valence-electron chi connectivity index (χ3n) is 3.28. The number of likely N-dealkylation sites (tertiary alicyclic amines) is 1. The van der Waals surface area contributed by atoms with E-state index in [0.717, 1.165) is 13.1 Å². The molecule has 1 aliphatic rings. The molecule has 1 heterocycles. The second kappa shape index (κ2) is 7.67. The van der Waals surface area contributed by atoms with E-state index >= 15 is 0 Å². The van der Waals surface area contributed by atoms with Gasteiger partial charge in [-0.25, -0.2) is 0 Å². The predicted octanol–water partition coefficient (Wildman–Crippen LogP) is 1.26. The van der Waals surface area contributed by atoms with E-state index in [9.17, 15) is 4.79 Å². The Morgan fingerprint density at radius 1 is 1.35 bits per heavy atom. The fourth-order valence-electron chi connectivity index (χ4n) is 2.28. The van der Waals surface area contributed by atoms with Crippen LogP contribution in [0.2, 0.25) is 0 Å². The summed E-state index contributed by atoms with van der Waals surface area (Å²) in [5.74, 6) is 0.491. The molecule has 100 valence electrons. The lowest BCUT2D eigenvalue weighted by Gasteiger charge is -2.22. The molecule has 0 aromatic heterocycles. The second-order valence-corrected chi connectivity index (χ2v) is 5.20. The minimum absolute atomic E-state index is 0.141. The van der Waals surface area contributed by atoms with Crippen molar-refractivity contribution in [1.29, 1.82) is 0 Å². The zero-order valence-electron chi connectivity index (χ0n) is 11.4. The molecule has 4 heteroatoms. The van der Waals surface area contributed by atoms with Gasteiger partial charge in [-0.3, -0.25) is 4.79 Å². The molecule has 0 spiro atoms. The van der Waals surface area contributed by atoms with E-state index in [4.69, 9.17) is 0 Å². The van der Waals surface area contributed by atoms with Gasteiger partial charge in [0.2, 0.25) is 0 Å². The van der Waals surface area contributed by atoms with Crippen molar-refractivity contribution in [3.8, 4) is 0 Å². The highest BCUT2D eigenvalue weighted by Gasteiger charge is 2.15. The molecule has 0 aromatic carbocycles. The summed E-state index contributed by atoms with van der Waals surface area (Å²) >= 11 is 0. The molecule has 1 fully saturated rings. The molecule has 1 rings (SSSR count). The van der Waals surface area contributed by atoms with Gasteiger partial charge in [-0.2, -0.15) is 0 Å². The van der Waals surface area contributed by atoms with Gasteiger partial charge in [0.1, 0.15) is 0 Å². The summed E-state index contributed by atoms with van der Waals surface area (Å²) < 4.78 is 4.65. The van der Waals surface area contributed by atoms with Gasteiger partial charge in [-0.1, -0.05) is 6.92 Å². The Balaban J connectivity index is 2.09. The van der Waals surface area contributed by atoms with Crippen LogP contribution in [0.5, 0.6) is 0 Å². The van der Waals surface area contributed by atoms with Crippen molar-refractivity contribution in [2.45, 2.75) is 39.2 Å². The summed E-state index contributed by atoms with van der Waals surface area (Å²) in [5.41, 5.74) is 0. The average molecular weight is 242 g/mol. The zero-order valence-corrected chi connectivity index (χ0v) is 11.4. The standard InChI is InChI=1S/C13H26N2O2/c1-11(10-15-6-4-5-7-15)9-14-12(2)8-13(16)17-3/h11-12,14H,4-10H2,1-3H3. The molecule has 0 bridgehead atoms. The Labute approximate surface area is 105 Å². The minimum Gasteiger partial charge on any atom is -0.469 e. The molecule has 0 aromatic rings. The van der Waals surface area contributed by atoms with E-state index in [-0.39, 0.29) is 12.0 Å². The number of carbonyl (C=O) groups is 1. The number of nitrogens with one attached hydrogen (secondary N) is 1. The van der Waals surface area contributed by atoms with Crippen LogP contribution in [0, 0.1) is 5.92 Å². The maximum Gasteiger partial charge on any atom is 0.307 e. The van der Waals surface area contributed by atoms with Crippen molar-refractivity contribution in [2.24, 2.45) is 5.92 Å². The van der Waals surface area contributed by atoms with Crippen LogP contribution in [0.3, 0.4) is 0 Å². The van der Waals surface area contributed by atoms with Gasteiger partial charge < -0.3 is 15.0 Å². The van der Waals surface area contributed by atoms with Crippen LogP contribution in [-0.4, -0.2) is 50.2 Å². The second-order valence-electron chi connectivity index (χ2n) is 5.20. The third-order valence-corrected chi connectivity index (χ3v) is 3.28. The highest BCUT2D eigenvalue weighted by molar-refractivity contribution is 5.69. The third kappa shape index (κ3) is 6.03. The summed E-state index contributed by atoms with van der Waals surface area (Å²) in [6.45, 7) is 8.92. The number of methoxy groups -OCH3 is 1. The maximum atomic E-state index is 11.1. The highest BCUT2D eigenvalue weighted by Crippen LogP contribution is 2.09. The molecular weight excluding hydrogens is 216 g/mol. The van der Waals surface area contributed by atoms with E-state index < -0.39 is 0 Å². The molecule has 1 N–H and O–H groups in total. The van der Waals surface area contributed by atoms with Gasteiger partial charge in [0.05, 0.1) is 13.5 Å². The molecule has 0 amide bonds. The first-order valence-corrected chi connectivity index (χ1v) is 6.64. The molecule has 0 saturated carbocycles. The Bertz CT molecular complexity index is 227. The van der Waals surface area contributed by atoms with Crippen molar-refractivity contribution >= 4 is 5.97 Å². The van der Waals surface area contributed by atoms with Crippen molar-refractivity contribution in [2.75, 3.05) is 33.3 Å². The molecule has 17 heavy (non-hydrogen) atoms. The van der Waals surface area contributed by atoms with Crippen molar-refractivity contribution < 1.29 is 9.53 Å². The largest absolute Gasteiger partial charge is 0.469 e. The Hall–Kier alpha value is -0.610. The SMILES string of the molecule is COC(=O)CC(C)NCC(C)CN1CCCC1. The van der Waals surface area contributed by atoms with Crippen LogP contribution < -0.4 is 5.32 Å². The average Bonchev–Trinajstić information content (AvgIpc) is 2.79. The quantitative estimate of drug-likeness (QED) is 0.682. The van der Waals surface area contributed by atoms with E-state index in [1.807, 2.05) is 6.92 Å². The van der Waals surface area contributed by atoms with Crippen LogP contribution in [0.25, 0.3) is 0 Å². The number of hydrogen-bond donors (Lipinski definition) is 1. The molecule has 2 atom stereocenters. The summed E-state index contributed by atoms with van der Waals surface area (Å²) in [5, 5.41) is 3.39. The fraction of sp³-hybridized carbons (Fsp3) is 0.923. The van der Waals surface area contributed by atoms with Crippen LogP contribution in [-0.2, 0) is 9.53 Å². The summed E-state index contributed by atoms with van der Waals surface area (Å²) in [4.78, 5) is 13.6. The topological polar surface area (TPSA) is 41.6 Å². The number of hydrogen-bond acceptors (Lipinski definition) is 4. The minimum atomic E-state index is -0.141. The van der Waals surface area contributed by atoms with E-state index in [0.29, 0.717) is 12.3 Å². The van der Waals surface area contributed by atoms with Gasteiger partial charge >= 0.3 is 5.97 Å². The van der Waals surface area contributed by atoms with E-state index in [1.54, 1.807) is 0 Å². The number of rotatable bonds is 7. The van der Waals surface area contributed by atoms with Crippen LogP contribution in [0.15, 0.2) is 0 Å². The predicted molar refractivity (Wildman–Crippen MR) is 68.9 cm³/mol. The molecule has 2 unspecified atom stereocenters. The number of esters is 1. The molecule has 1 aliphatic heterocycles. The molecule has 0 aliphatic carbocycles. The summed E-state index contributed by atoms with van der Waals surface area (Å²) in [6.07, 6.45) is 3.14. The van der Waals surface area contributed by atoms with Crippen LogP contribution >= 0.6 is 0 Å². The maximum absolute atomic E-state index is 11.1. The van der Waals surface area contributed by atoms with E-state index in [1.165, 1.54) is 33.0 Å².